The Balaban J connectivity index is 2.34. The largest absolute Gasteiger partial charge is 0.423 e. The molecule has 0 aliphatic carbocycles. The number of halogens is 1. The molecule has 0 aliphatic rings. The summed E-state index contributed by atoms with van der Waals surface area (Å²) >= 11 is 5.99. The number of hydrogen-bond acceptors (Lipinski definition) is 4. The smallest absolute Gasteiger partial charge is 0.322 e. The molecular formula is C12H12ClN3O. The zero-order chi connectivity index (χ0) is 12.4. The van der Waals surface area contributed by atoms with Gasteiger partial charge in [0.1, 0.15) is 0 Å². The van der Waals surface area contributed by atoms with E-state index in [1.807, 2.05) is 19.9 Å². The molecule has 0 unspecified atom stereocenters. The van der Waals surface area contributed by atoms with Crippen LogP contribution < -0.4 is 10.5 Å². The molecule has 1 aromatic carbocycles. The summed E-state index contributed by atoms with van der Waals surface area (Å²) in [4.78, 5) is 8.33. The number of nitrogens with zero attached hydrogens (tertiary/aromatic N) is 2. The molecule has 0 fully saturated rings. The summed E-state index contributed by atoms with van der Waals surface area (Å²) < 4.78 is 5.52. The Morgan fingerprint density at radius 1 is 1.12 bits per heavy atom. The lowest BCUT2D eigenvalue weighted by atomic mass is 10.3. The third-order valence-corrected chi connectivity index (χ3v) is 2.43. The van der Waals surface area contributed by atoms with Gasteiger partial charge in [-0.1, -0.05) is 11.6 Å². The highest BCUT2D eigenvalue weighted by molar-refractivity contribution is 6.32. The molecule has 2 aromatic rings. The van der Waals surface area contributed by atoms with E-state index in [-0.39, 0.29) is 6.01 Å². The van der Waals surface area contributed by atoms with Crippen molar-refractivity contribution in [2.45, 2.75) is 13.8 Å². The Kier molecular flexibility index (Phi) is 3.15. The van der Waals surface area contributed by atoms with Crippen LogP contribution in [0.2, 0.25) is 5.02 Å². The van der Waals surface area contributed by atoms with Gasteiger partial charge < -0.3 is 10.5 Å². The molecule has 0 aliphatic heterocycles. The molecular weight excluding hydrogens is 238 g/mol. The molecule has 88 valence electrons. The summed E-state index contributed by atoms with van der Waals surface area (Å²) in [6.45, 7) is 3.75. The molecule has 0 bridgehead atoms. The van der Waals surface area contributed by atoms with Crippen LogP contribution in [0.1, 0.15) is 11.4 Å². The maximum Gasteiger partial charge on any atom is 0.322 e. The van der Waals surface area contributed by atoms with Crippen molar-refractivity contribution in [3.63, 3.8) is 0 Å². The minimum absolute atomic E-state index is 0.273. The van der Waals surface area contributed by atoms with E-state index in [4.69, 9.17) is 22.1 Å². The van der Waals surface area contributed by atoms with E-state index < -0.39 is 0 Å². The van der Waals surface area contributed by atoms with Crippen LogP contribution in [0.15, 0.2) is 24.3 Å². The molecule has 2 N–H and O–H groups in total. The summed E-state index contributed by atoms with van der Waals surface area (Å²) in [5, 5.41) is 0.474. The molecule has 1 heterocycles. The van der Waals surface area contributed by atoms with Crippen LogP contribution in [0.4, 0.5) is 5.69 Å². The van der Waals surface area contributed by atoms with Crippen molar-refractivity contribution in [2.24, 2.45) is 0 Å². The first kappa shape index (κ1) is 11.7. The topological polar surface area (TPSA) is 61.0 Å². The number of nitrogen functional groups attached to an aromatic ring is 1. The van der Waals surface area contributed by atoms with Gasteiger partial charge in [0.25, 0.3) is 0 Å². The third-order valence-electron chi connectivity index (χ3n) is 2.12. The van der Waals surface area contributed by atoms with E-state index in [1.165, 1.54) is 0 Å². The number of aromatic nitrogens is 2. The van der Waals surface area contributed by atoms with Crippen molar-refractivity contribution in [3.05, 3.63) is 40.7 Å². The molecule has 17 heavy (non-hydrogen) atoms. The van der Waals surface area contributed by atoms with E-state index in [0.29, 0.717) is 16.5 Å². The van der Waals surface area contributed by atoms with Crippen LogP contribution in [-0.2, 0) is 0 Å². The molecule has 5 heteroatoms. The zero-order valence-corrected chi connectivity index (χ0v) is 10.3. The number of anilines is 1. The normalized spacial score (nSPS) is 10.3. The Morgan fingerprint density at radius 2 is 1.76 bits per heavy atom. The molecule has 0 saturated carbocycles. The predicted molar refractivity (Wildman–Crippen MR) is 67.4 cm³/mol. The molecule has 0 amide bonds. The second-order valence-corrected chi connectivity index (χ2v) is 4.13. The number of benzene rings is 1. The van der Waals surface area contributed by atoms with Crippen LogP contribution >= 0.6 is 11.6 Å². The minimum Gasteiger partial charge on any atom is -0.423 e. The standard InChI is InChI=1S/C12H12ClN3O/c1-7-5-8(2)16-12(15-7)17-11-6-9(14)3-4-10(11)13/h3-6H,14H2,1-2H3. The van der Waals surface area contributed by atoms with Gasteiger partial charge >= 0.3 is 6.01 Å². The lowest BCUT2D eigenvalue weighted by Gasteiger charge is -2.07. The Bertz CT molecular complexity index is 537. The van der Waals surface area contributed by atoms with Crippen LogP contribution in [-0.4, -0.2) is 9.97 Å². The van der Waals surface area contributed by atoms with Crippen LogP contribution in [0.3, 0.4) is 0 Å². The van der Waals surface area contributed by atoms with Crippen molar-refractivity contribution in [1.29, 1.82) is 0 Å². The maximum absolute atomic E-state index is 5.99. The van der Waals surface area contributed by atoms with Gasteiger partial charge in [0, 0.05) is 23.1 Å². The van der Waals surface area contributed by atoms with Gasteiger partial charge in [-0.2, -0.15) is 0 Å². The second kappa shape index (κ2) is 4.59. The van der Waals surface area contributed by atoms with Gasteiger partial charge in [-0.15, -0.1) is 0 Å². The Labute approximate surface area is 104 Å². The van der Waals surface area contributed by atoms with Crippen molar-refractivity contribution >= 4 is 17.3 Å². The SMILES string of the molecule is Cc1cc(C)nc(Oc2cc(N)ccc2Cl)n1. The van der Waals surface area contributed by atoms with Crippen molar-refractivity contribution in [2.75, 3.05) is 5.73 Å². The Hall–Kier alpha value is -1.81. The van der Waals surface area contributed by atoms with Gasteiger partial charge in [-0.05, 0) is 32.0 Å². The number of aryl methyl sites for hydroxylation is 2. The van der Waals surface area contributed by atoms with Crippen LogP contribution in [0.5, 0.6) is 11.8 Å². The summed E-state index contributed by atoms with van der Waals surface area (Å²) in [6, 6.07) is 7.17. The molecule has 2 rings (SSSR count). The second-order valence-electron chi connectivity index (χ2n) is 3.73. The summed E-state index contributed by atoms with van der Waals surface area (Å²) in [5.74, 6) is 0.455. The van der Waals surface area contributed by atoms with Crippen molar-refractivity contribution < 1.29 is 4.74 Å². The summed E-state index contributed by atoms with van der Waals surface area (Å²) in [7, 11) is 0. The fourth-order valence-electron chi connectivity index (χ4n) is 1.44. The first-order valence-corrected chi connectivity index (χ1v) is 5.47. The molecule has 0 radical (unpaired) electrons. The average molecular weight is 250 g/mol. The van der Waals surface area contributed by atoms with Gasteiger partial charge in [0.05, 0.1) is 5.02 Å². The number of rotatable bonds is 2. The monoisotopic (exact) mass is 249 g/mol. The first-order chi connectivity index (χ1) is 8.04. The number of nitrogens with two attached hydrogens (primary N) is 1. The van der Waals surface area contributed by atoms with Crippen molar-refractivity contribution in [3.8, 4) is 11.8 Å². The van der Waals surface area contributed by atoms with Crippen LogP contribution in [0, 0.1) is 13.8 Å². The van der Waals surface area contributed by atoms with Gasteiger partial charge in [-0.25, -0.2) is 9.97 Å². The molecule has 0 saturated heterocycles. The minimum atomic E-state index is 0.273. The number of ether oxygens (including phenoxy) is 1. The Morgan fingerprint density at radius 3 is 2.41 bits per heavy atom. The lowest BCUT2D eigenvalue weighted by molar-refractivity contribution is 0.439. The quantitative estimate of drug-likeness (QED) is 0.831. The van der Waals surface area contributed by atoms with E-state index >= 15 is 0 Å². The lowest BCUT2D eigenvalue weighted by Crippen LogP contribution is -1.96. The first-order valence-electron chi connectivity index (χ1n) is 5.10. The third kappa shape index (κ3) is 2.85. The fourth-order valence-corrected chi connectivity index (χ4v) is 1.59. The van der Waals surface area contributed by atoms with Crippen LogP contribution in [0.25, 0.3) is 0 Å². The highest BCUT2D eigenvalue weighted by Crippen LogP contribution is 2.29. The van der Waals surface area contributed by atoms with Crippen molar-refractivity contribution in [1.82, 2.24) is 9.97 Å². The van der Waals surface area contributed by atoms with E-state index in [9.17, 15) is 0 Å². The molecule has 0 atom stereocenters. The fraction of sp³-hybridized carbons (Fsp3) is 0.167. The highest BCUT2D eigenvalue weighted by Gasteiger charge is 2.06. The van der Waals surface area contributed by atoms with Gasteiger partial charge in [0.2, 0.25) is 0 Å². The van der Waals surface area contributed by atoms with E-state index in [2.05, 4.69) is 9.97 Å². The molecule has 4 nitrogen and oxygen atoms in total. The van der Waals surface area contributed by atoms with Gasteiger partial charge in [0.15, 0.2) is 5.75 Å². The zero-order valence-electron chi connectivity index (χ0n) is 9.57. The van der Waals surface area contributed by atoms with E-state index in [0.717, 1.165) is 11.4 Å². The molecule has 1 aromatic heterocycles. The maximum atomic E-state index is 5.99. The highest BCUT2D eigenvalue weighted by atomic mass is 35.5. The average Bonchev–Trinajstić information content (AvgIpc) is 2.22. The number of hydrogen-bond donors (Lipinski definition) is 1. The predicted octanol–water partition coefficient (Wildman–Crippen LogP) is 3.12. The van der Waals surface area contributed by atoms with Gasteiger partial charge in [-0.3, -0.25) is 0 Å². The summed E-state index contributed by atoms with van der Waals surface area (Å²) in [5.41, 5.74) is 7.92. The summed E-state index contributed by atoms with van der Waals surface area (Å²) in [6.07, 6.45) is 0. The van der Waals surface area contributed by atoms with E-state index in [1.54, 1.807) is 18.2 Å². The molecule has 0 spiro atoms.